The van der Waals surface area contributed by atoms with Crippen LogP contribution in [-0.2, 0) is 0 Å². The van der Waals surface area contributed by atoms with Gasteiger partial charge in [0.1, 0.15) is 12.0 Å². The van der Waals surface area contributed by atoms with E-state index in [0.29, 0.717) is 12.1 Å². The van der Waals surface area contributed by atoms with Gasteiger partial charge in [0.2, 0.25) is 0 Å². The van der Waals surface area contributed by atoms with Crippen LogP contribution in [-0.4, -0.2) is 11.5 Å². The fraction of sp³-hybridized carbons (Fsp3) is 0.375. The standard InChI is InChI=1S/C8H12FN3/c9-7(3-4-10)6-2-1-5-12-8(6)11/h1-2,5,7H,3-4,10H2,(H2,11,12). The molecule has 0 aliphatic heterocycles. The molecule has 1 unspecified atom stereocenters. The van der Waals surface area contributed by atoms with E-state index in [1.807, 2.05) is 0 Å². The molecule has 0 bridgehead atoms. The number of hydrogen-bond acceptors (Lipinski definition) is 3. The van der Waals surface area contributed by atoms with Gasteiger partial charge in [0.25, 0.3) is 0 Å². The quantitative estimate of drug-likeness (QED) is 0.710. The van der Waals surface area contributed by atoms with Gasteiger partial charge in [0.05, 0.1) is 0 Å². The van der Waals surface area contributed by atoms with E-state index in [-0.39, 0.29) is 12.2 Å². The van der Waals surface area contributed by atoms with Crippen LogP contribution in [0.5, 0.6) is 0 Å². The van der Waals surface area contributed by atoms with Gasteiger partial charge in [-0.15, -0.1) is 0 Å². The fourth-order valence-electron chi connectivity index (χ4n) is 0.997. The van der Waals surface area contributed by atoms with Crippen LogP contribution >= 0.6 is 0 Å². The van der Waals surface area contributed by atoms with E-state index in [1.165, 1.54) is 6.20 Å². The number of rotatable bonds is 3. The maximum Gasteiger partial charge on any atom is 0.130 e. The van der Waals surface area contributed by atoms with Crippen molar-refractivity contribution in [1.82, 2.24) is 4.98 Å². The van der Waals surface area contributed by atoms with Gasteiger partial charge < -0.3 is 11.5 Å². The molecular weight excluding hydrogens is 157 g/mol. The molecule has 4 heteroatoms. The molecule has 12 heavy (non-hydrogen) atoms. The highest BCUT2D eigenvalue weighted by Gasteiger charge is 2.11. The van der Waals surface area contributed by atoms with Crippen molar-refractivity contribution in [2.75, 3.05) is 12.3 Å². The third kappa shape index (κ3) is 1.92. The summed E-state index contributed by atoms with van der Waals surface area (Å²) in [6.45, 7) is 0.315. The SMILES string of the molecule is NCCC(F)c1cccnc1N. The first-order valence-electron chi connectivity index (χ1n) is 3.80. The lowest BCUT2D eigenvalue weighted by Crippen LogP contribution is -2.06. The Kier molecular flexibility index (Phi) is 2.99. The first-order valence-corrected chi connectivity index (χ1v) is 3.80. The van der Waals surface area contributed by atoms with Gasteiger partial charge in [0, 0.05) is 11.8 Å². The Bertz CT molecular complexity index is 252. The minimum Gasteiger partial charge on any atom is -0.383 e. The van der Waals surface area contributed by atoms with Crippen molar-refractivity contribution >= 4 is 5.82 Å². The molecule has 4 N–H and O–H groups in total. The lowest BCUT2D eigenvalue weighted by atomic mass is 10.1. The molecule has 0 spiro atoms. The molecule has 0 fully saturated rings. The minimum absolute atomic E-state index is 0.249. The van der Waals surface area contributed by atoms with E-state index in [1.54, 1.807) is 12.1 Å². The first-order chi connectivity index (χ1) is 5.75. The van der Waals surface area contributed by atoms with Gasteiger partial charge >= 0.3 is 0 Å². The van der Waals surface area contributed by atoms with Crippen LogP contribution in [0.25, 0.3) is 0 Å². The summed E-state index contributed by atoms with van der Waals surface area (Å²) in [5.74, 6) is 0.249. The van der Waals surface area contributed by atoms with Crippen LogP contribution in [0.3, 0.4) is 0 Å². The fourth-order valence-corrected chi connectivity index (χ4v) is 0.997. The van der Waals surface area contributed by atoms with Crippen molar-refractivity contribution < 1.29 is 4.39 Å². The highest BCUT2D eigenvalue weighted by Crippen LogP contribution is 2.23. The molecule has 1 aromatic heterocycles. The van der Waals surface area contributed by atoms with Gasteiger partial charge in [-0.1, -0.05) is 6.07 Å². The van der Waals surface area contributed by atoms with Crippen molar-refractivity contribution in [3.63, 3.8) is 0 Å². The Morgan fingerprint density at radius 1 is 1.58 bits per heavy atom. The highest BCUT2D eigenvalue weighted by molar-refractivity contribution is 5.39. The van der Waals surface area contributed by atoms with Crippen LogP contribution < -0.4 is 11.5 Å². The third-order valence-electron chi connectivity index (χ3n) is 1.63. The zero-order valence-corrected chi connectivity index (χ0v) is 6.70. The number of alkyl halides is 1. The lowest BCUT2D eigenvalue weighted by molar-refractivity contribution is 0.328. The summed E-state index contributed by atoms with van der Waals surface area (Å²) in [5.41, 5.74) is 11.1. The Morgan fingerprint density at radius 3 is 2.92 bits per heavy atom. The summed E-state index contributed by atoms with van der Waals surface area (Å²) in [7, 11) is 0. The van der Waals surface area contributed by atoms with Crippen molar-refractivity contribution in [3.05, 3.63) is 23.9 Å². The molecule has 0 radical (unpaired) electrons. The van der Waals surface area contributed by atoms with Crippen LogP contribution in [0.1, 0.15) is 18.2 Å². The van der Waals surface area contributed by atoms with Crippen LogP contribution in [0.2, 0.25) is 0 Å². The molecular formula is C8H12FN3. The highest BCUT2D eigenvalue weighted by atomic mass is 19.1. The monoisotopic (exact) mass is 169 g/mol. The van der Waals surface area contributed by atoms with Crippen molar-refractivity contribution in [1.29, 1.82) is 0 Å². The topological polar surface area (TPSA) is 64.9 Å². The summed E-state index contributed by atoms with van der Waals surface area (Å²) < 4.78 is 13.2. The summed E-state index contributed by atoms with van der Waals surface area (Å²) in [6.07, 6.45) is 0.730. The largest absolute Gasteiger partial charge is 0.383 e. The third-order valence-corrected chi connectivity index (χ3v) is 1.63. The van der Waals surface area contributed by atoms with E-state index in [4.69, 9.17) is 11.5 Å². The molecule has 0 aliphatic rings. The van der Waals surface area contributed by atoms with E-state index in [2.05, 4.69) is 4.98 Å². The molecule has 1 rings (SSSR count). The molecule has 0 amide bonds. The smallest absolute Gasteiger partial charge is 0.130 e. The Morgan fingerprint density at radius 2 is 2.33 bits per heavy atom. The van der Waals surface area contributed by atoms with E-state index in [0.717, 1.165) is 0 Å². The molecule has 0 aliphatic carbocycles. The Balaban J connectivity index is 2.79. The lowest BCUT2D eigenvalue weighted by Gasteiger charge is -2.07. The van der Waals surface area contributed by atoms with Crippen molar-refractivity contribution in [3.8, 4) is 0 Å². The average Bonchev–Trinajstić information content (AvgIpc) is 2.05. The molecule has 0 saturated heterocycles. The summed E-state index contributed by atoms with van der Waals surface area (Å²) in [6, 6.07) is 3.29. The van der Waals surface area contributed by atoms with Gasteiger partial charge in [0.15, 0.2) is 0 Å². The second-order valence-corrected chi connectivity index (χ2v) is 2.52. The van der Waals surface area contributed by atoms with Crippen LogP contribution in [0.4, 0.5) is 10.2 Å². The van der Waals surface area contributed by atoms with Crippen LogP contribution in [0.15, 0.2) is 18.3 Å². The Hall–Kier alpha value is -1.16. The van der Waals surface area contributed by atoms with E-state index < -0.39 is 6.17 Å². The number of nitrogens with zero attached hydrogens (tertiary/aromatic N) is 1. The number of halogens is 1. The predicted octanol–water partition coefficient (Wildman–Crippen LogP) is 1.02. The summed E-state index contributed by atoms with van der Waals surface area (Å²) in [4.78, 5) is 3.78. The number of pyridine rings is 1. The number of aromatic nitrogens is 1. The zero-order valence-electron chi connectivity index (χ0n) is 6.70. The molecule has 0 aromatic carbocycles. The normalized spacial score (nSPS) is 12.8. The van der Waals surface area contributed by atoms with Gasteiger partial charge in [-0.05, 0) is 19.0 Å². The maximum atomic E-state index is 13.2. The number of hydrogen-bond donors (Lipinski definition) is 2. The van der Waals surface area contributed by atoms with Gasteiger partial charge in [-0.2, -0.15) is 0 Å². The number of anilines is 1. The minimum atomic E-state index is -1.09. The van der Waals surface area contributed by atoms with Crippen molar-refractivity contribution in [2.24, 2.45) is 5.73 Å². The molecule has 3 nitrogen and oxygen atoms in total. The zero-order chi connectivity index (χ0) is 8.97. The number of nitrogen functional groups attached to an aromatic ring is 1. The first kappa shape index (κ1) is 8.93. The second kappa shape index (κ2) is 4.01. The summed E-state index contributed by atoms with van der Waals surface area (Å²) >= 11 is 0. The number of nitrogens with two attached hydrogens (primary N) is 2. The molecule has 66 valence electrons. The Labute approximate surface area is 70.6 Å². The molecule has 0 saturated carbocycles. The van der Waals surface area contributed by atoms with Crippen molar-refractivity contribution in [2.45, 2.75) is 12.6 Å². The molecule has 1 atom stereocenters. The van der Waals surface area contributed by atoms with Gasteiger partial charge in [-0.3, -0.25) is 0 Å². The second-order valence-electron chi connectivity index (χ2n) is 2.52. The predicted molar refractivity (Wildman–Crippen MR) is 46.2 cm³/mol. The average molecular weight is 169 g/mol. The molecule has 1 heterocycles. The van der Waals surface area contributed by atoms with E-state index in [9.17, 15) is 4.39 Å². The maximum absolute atomic E-state index is 13.2. The van der Waals surface area contributed by atoms with E-state index >= 15 is 0 Å². The molecule has 1 aromatic rings. The van der Waals surface area contributed by atoms with Crippen LogP contribution in [0, 0.1) is 0 Å². The summed E-state index contributed by atoms with van der Waals surface area (Å²) in [5, 5.41) is 0. The van der Waals surface area contributed by atoms with Gasteiger partial charge in [-0.25, -0.2) is 9.37 Å².